The van der Waals surface area contributed by atoms with E-state index in [0.717, 1.165) is 0 Å². The molecule has 1 amide bonds. The van der Waals surface area contributed by atoms with E-state index >= 15 is 0 Å². The van der Waals surface area contributed by atoms with Crippen LogP contribution in [0.2, 0.25) is 0 Å². The molecule has 2 aliphatic carbocycles. The van der Waals surface area contributed by atoms with E-state index < -0.39 is 30.0 Å². The van der Waals surface area contributed by atoms with Crippen molar-refractivity contribution in [3.05, 3.63) is 0 Å². The maximum atomic E-state index is 12.0. The fourth-order valence-electron chi connectivity index (χ4n) is 2.84. The molecule has 0 saturated heterocycles. The summed E-state index contributed by atoms with van der Waals surface area (Å²) in [5.41, 5.74) is 0. The third-order valence-electron chi connectivity index (χ3n) is 3.75. The molecule has 2 rings (SSSR count). The minimum absolute atomic E-state index is 0.109. The van der Waals surface area contributed by atoms with Gasteiger partial charge in [0.05, 0.1) is 5.92 Å². The van der Waals surface area contributed by atoms with E-state index in [1.165, 1.54) is 0 Å². The molecule has 1 unspecified atom stereocenters. The Bertz CT molecular complexity index is 355. The number of hydrogen-bond donors (Lipinski definition) is 2. The van der Waals surface area contributed by atoms with Gasteiger partial charge in [-0.3, -0.25) is 9.59 Å². The van der Waals surface area contributed by atoms with Gasteiger partial charge in [0.25, 0.3) is 0 Å². The molecule has 17 heavy (non-hydrogen) atoms. The largest absolute Gasteiger partial charge is 0.481 e. The first-order valence-corrected chi connectivity index (χ1v) is 5.39. The van der Waals surface area contributed by atoms with Gasteiger partial charge in [-0.05, 0) is 31.1 Å². The van der Waals surface area contributed by atoms with Gasteiger partial charge in [0.1, 0.15) is 0 Å². The second-order valence-electron chi connectivity index (χ2n) is 4.74. The predicted octanol–water partition coefficient (Wildman–Crippen LogP) is 1.16. The van der Waals surface area contributed by atoms with Crippen LogP contribution in [0.4, 0.5) is 13.2 Å². The van der Waals surface area contributed by atoms with Crippen molar-refractivity contribution in [3.8, 4) is 0 Å². The number of carbonyl (C=O) groups excluding carboxylic acids is 1. The molecule has 0 aromatic heterocycles. The number of hydrogen-bond acceptors (Lipinski definition) is 2. The molecule has 2 fully saturated rings. The molecule has 0 aromatic carbocycles. The highest BCUT2D eigenvalue weighted by Crippen LogP contribution is 2.49. The lowest BCUT2D eigenvalue weighted by atomic mass is 9.71. The maximum Gasteiger partial charge on any atom is 0.471 e. The van der Waals surface area contributed by atoms with Crippen LogP contribution in [0, 0.1) is 17.8 Å². The van der Waals surface area contributed by atoms with Crippen LogP contribution in [0.15, 0.2) is 0 Å². The molecule has 0 heterocycles. The Balaban J connectivity index is 1.88. The number of amides is 1. The number of aliphatic carboxylic acids is 1. The minimum atomic E-state index is -4.87. The summed E-state index contributed by atoms with van der Waals surface area (Å²) in [5, 5.41) is 10.7. The number of carboxylic acids is 1. The van der Waals surface area contributed by atoms with Gasteiger partial charge in [-0.2, -0.15) is 13.2 Å². The van der Waals surface area contributed by atoms with E-state index in [1.807, 2.05) is 5.32 Å². The topological polar surface area (TPSA) is 66.4 Å². The Hall–Kier alpha value is -1.27. The highest BCUT2D eigenvalue weighted by Gasteiger charge is 2.52. The molecule has 0 aliphatic heterocycles. The first-order valence-electron chi connectivity index (χ1n) is 5.39. The molecular weight excluding hydrogens is 239 g/mol. The van der Waals surface area contributed by atoms with Crippen molar-refractivity contribution in [2.45, 2.75) is 31.5 Å². The van der Waals surface area contributed by atoms with E-state index in [0.29, 0.717) is 19.3 Å². The Morgan fingerprint density at radius 3 is 2.35 bits per heavy atom. The SMILES string of the molecule is O=C(O)C1C[C@@H]2C[C@H](NC(=O)C(F)(F)F)[C@@H]2C1. The Kier molecular flexibility index (Phi) is 2.79. The predicted molar refractivity (Wildman–Crippen MR) is 49.9 cm³/mol. The van der Waals surface area contributed by atoms with Gasteiger partial charge < -0.3 is 10.4 Å². The van der Waals surface area contributed by atoms with Gasteiger partial charge in [-0.25, -0.2) is 0 Å². The average molecular weight is 251 g/mol. The third-order valence-corrected chi connectivity index (χ3v) is 3.75. The van der Waals surface area contributed by atoms with Gasteiger partial charge in [-0.15, -0.1) is 0 Å². The number of fused-ring (bicyclic) bond motifs is 1. The van der Waals surface area contributed by atoms with Gasteiger partial charge in [0.2, 0.25) is 0 Å². The third kappa shape index (κ3) is 2.23. The van der Waals surface area contributed by atoms with E-state index in [-0.39, 0.29) is 11.8 Å². The average Bonchev–Trinajstić information content (AvgIpc) is 2.50. The molecule has 7 heteroatoms. The monoisotopic (exact) mass is 251 g/mol. The summed E-state index contributed by atoms with van der Waals surface area (Å²) >= 11 is 0. The van der Waals surface area contributed by atoms with Crippen molar-refractivity contribution in [2.75, 3.05) is 0 Å². The van der Waals surface area contributed by atoms with Crippen molar-refractivity contribution in [3.63, 3.8) is 0 Å². The summed E-state index contributed by atoms with van der Waals surface area (Å²) in [4.78, 5) is 21.5. The smallest absolute Gasteiger partial charge is 0.471 e. The van der Waals surface area contributed by atoms with Crippen LogP contribution >= 0.6 is 0 Å². The molecule has 2 saturated carbocycles. The molecular formula is C10H12F3NO3. The highest BCUT2D eigenvalue weighted by atomic mass is 19.4. The molecule has 2 aliphatic rings. The number of nitrogens with one attached hydrogen (secondary N) is 1. The fraction of sp³-hybridized carbons (Fsp3) is 0.800. The van der Waals surface area contributed by atoms with Crippen LogP contribution in [-0.2, 0) is 9.59 Å². The number of carbonyl (C=O) groups is 2. The quantitative estimate of drug-likeness (QED) is 0.774. The zero-order valence-corrected chi connectivity index (χ0v) is 8.83. The van der Waals surface area contributed by atoms with Crippen LogP contribution in [0.3, 0.4) is 0 Å². The lowest BCUT2D eigenvalue weighted by molar-refractivity contribution is -0.175. The van der Waals surface area contributed by atoms with Crippen molar-refractivity contribution >= 4 is 11.9 Å². The van der Waals surface area contributed by atoms with E-state index in [1.54, 1.807) is 0 Å². The lowest BCUT2D eigenvalue weighted by Gasteiger charge is -2.40. The first kappa shape index (κ1) is 12.2. The molecule has 0 aromatic rings. The van der Waals surface area contributed by atoms with Gasteiger partial charge in [-0.1, -0.05) is 0 Å². The molecule has 2 N–H and O–H groups in total. The number of halogens is 3. The van der Waals surface area contributed by atoms with Gasteiger partial charge in [0, 0.05) is 6.04 Å². The van der Waals surface area contributed by atoms with Crippen molar-refractivity contribution in [1.82, 2.24) is 5.32 Å². The van der Waals surface area contributed by atoms with E-state index in [2.05, 4.69) is 0 Å². The number of alkyl halides is 3. The normalized spacial score (nSPS) is 35.9. The first-order chi connectivity index (χ1) is 7.79. The Morgan fingerprint density at radius 1 is 1.18 bits per heavy atom. The molecule has 96 valence electrons. The second kappa shape index (κ2) is 3.89. The maximum absolute atomic E-state index is 12.0. The summed E-state index contributed by atoms with van der Waals surface area (Å²) in [6, 6.07) is -0.515. The highest BCUT2D eigenvalue weighted by molar-refractivity contribution is 5.82. The van der Waals surface area contributed by atoms with Crippen molar-refractivity contribution in [1.29, 1.82) is 0 Å². The summed E-state index contributed by atoms with van der Waals surface area (Å²) < 4.78 is 36.0. The summed E-state index contributed by atoms with van der Waals surface area (Å²) in [6.45, 7) is 0. The Labute approximate surface area is 95.2 Å². The fourth-order valence-corrected chi connectivity index (χ4v) is 2.84. The summed E-state index contributed by atoms with van der Waals surface area (Å²) in [6.07, 6.45) is -3.53. The van der Waals surface area contributed by atoms with Crippen molar-refractivity contribution in [2.24, 2.45) is 17.8 Å². The van der Waals surface area contributed by atoms with Crippen molar-refractivity contribution < 1.29 is 27.9 Å². The standard InChI is InChI=1S/C10H12F3NO3/c11-10(12,13)9(17)14-7-3-4-1-5(8(15)16)2-6(4)7/h4-7H,1-3H2,(H,14,17)(H,15,16)/t4-,5?,6-,7+/m1/s1. The summed E-state index contributed by atoms with van der Waals surface area (Å²) in [7, 11) is 0. The zero-order chi connectivity index (χ0) is 12.8. The van der Waals surface area contributed by atoms with Crippen LogP contribution in [0.5, 0.6) is 0 Å². The molecule has 0 bridgehead atoms. The second-order valence-corrected chi connectivity index (χ2v) is 4.74. The molecule has 4 atom stereocenters. The van der Waals surface area contributed by atoms with Crippen LogP contribution < -0.4 is 5.32 Å². The van der Waals surface area contributed by atoms with Gasteiger partial charge >= 0.3 is 18.1 Å². The van der Waals surface area contributed by atoms with Gasteiger partial charge in [0.15, 0.2) is 0 Å². The van der Waals surface area contributed by atoms with Crippen LogP contribution in [0.1, 0.15) is 19.3 Å². The Morgan fingerprint density at radius 2 is 1.82 bits per heavy atom. The molecule has 0 spiro atoms. The zero-order valence-electron chi connectivity index (χ0n) is 8.83. The van der Waals surface area contributed by atoms with Crippen LogP contribution in [-0.4, -0.2) is 29.2 Å². The van der Waals surface area contributed by atoms with E-state index in [4.69, 9.17) is 5.11 Å². The molecule has 4 nitrogen and oxygen atoms in total. The lowest BCUT2D eigenvalue weighted by Crippen LogP contribution is -2.53. The summed E-state index contributed by atoms with van der Waals surface area (Å²) in [5.74, 6) is -3.27. The van der Waals surface area contributed by atoms with E-state index in [9.17, 15) is 22.8 Å². The number of carboxylic acid groups (broad SMARTS) is 1. The minimum Gasteiger partial charge on any atom is -0.481 e. The number of rotatable bonds is 2. The van der Waals surface area contributed by atoms with Crippen LogP contribution in [0.25, 0.3) is 0 Å². The molecule has 0 radical (unpaired) electrons.